The maximum Gasteiger partial charge on any atom is 0.0969 e. The first kappa shape index (κ1) is 13.4. The van der Waals surface area contributed by atoms with Crippen LogP contribution in [0.2, 0.25) is 0 Å². The molecule has 1 aromatic carbocycles. The summed E-state index contributed by atoms with van der Waals surface area (Å²) in [6.45, 7) is 4.52. The van der Waals surface area contributed by atoms with E-state index in [1.54, 1.807) is 0 Å². The maximum atomic E-state index is 4.45. The third-order valence-electron chi connectivity index (χ3n) is 3.80. The van der Waals surface area contributed by atoms with E-state index in [9.17, 15) is 0 Å². The summed E-state index contributed by atoms with van der Waals surface area (Å²) < 4.78 is 2.26. The highest BCUT2D eigenvalue weighted by Gasteiger charge is 2.18. The summed E-state index contributed by atoms with van der Waals surface area (Å²) in [5.41, 5.74) is 2.34. The molecule has 1 unspecified atom stereocenters. The number of hydrogen-bond acceptors (Lipinski definition) is 2. The predicted molar refractivity (Wildman–Crippen MR) is 77.0 cm³/mol. The van der Waals surface area contributed by atoms with Crippen LogP contribution in [-0.2, 0) is 6.67 Å². The Morgan fingerprint density at radius 3 is 2.94 bits per heavy atom. The Balaban J connectivity index is 0.00000120. The summed E-state index contributed by atoms with van der Waals surface area (Å²) in [6.07, 6.45) is 6.00. The molecular formula is C14H20ClN3. The van der Waals surface area contributed by atoms with E-state index in [0.29, 0.717) is 6.04 Å². The van der Waals surface area contributed by atoms with Gasteiger partial charge in [0.25, 0.3) is 0 Å². The zero-order valence-electron chi connectivity index (χ0n) is 10.7. The molecule has 0 radical (unpaired) electrons. The molecule has 0 aliphatic carbocycles. The van der Waals surface area contributed by atoms with Gasteiger partial charge >= 0.3 is 0 Å². The molecule has 1 saturated heterocycles. The van der Waals surface area contributed by atoms with Crippen LogP contribution in [0.15, 0.2) is 30.6 Å². The first-order chi connectivity index (χ1) is 8.34. The van der Waals surface area contributed by atoms with Gasteiger partial charge in [-0.3, -0.25) is 4.90 Å². The zero-order valence-corrected chi connectivity index (χ0v) is 11.6. The molecule has 18 heavy (non-hydrogen) atoms. The number of hydrogen-bond donors (Lipinski definition) is 0. The monoisotopic (exact) mass is 265 g/mol. The summed E-state index contributed by atoms with van der Waals surface area (Å²) >= 11 is 0. The van der Waals surface area contributed by atoms with Crippen LogP contribution in [0.4, 0.5) is 0 Å². The normalized spacial score (nSPS) is 20.8. The number of aromatic nitrogens is 2. The van der Waals surface area contributed by atoms with Crippen LogP contribution in [0.3, 0.4) is 0 Å². The molecule has 3 rings (SSSR count). The van der Waals surface area contributed by atoms with Crippen molar-refractivity contribution in [2.24, 2.45) is 0 Å². The highest BCUT2D eigenvalue weighted by atomic mass is 35.5. The minimum Gasteiger partial charge on any atom is -0.317 e. The van der Waals surface area contributed by atoms with E-state index in [1.807, 2.05) is 12.4 Å². The van der Waals surface area contributed by atoms with Crippen molar-refractivity contribution in [1.82, 2.24) is 14.5 Å². The van der Waals surface area contributed by atoms with Crippen molar-refractivity contribution >= 4 is 23.4 Å². The van der Waals surface area contributed by atoms with Crippen molar-refractivity contribution in [1.29, 1.82) is 0 Å². The van der Waals surface area contributed by atoms with Crippen molar-refractivity contribution in [2.45, 2.75) is 38.9 Å². The number of para-hydroxylation sites is 2. The van der Waals surface area contributed by atoms with Crippen LogP contribution in [0.25, 0.3) is 11.0 Å². The molecule has 1 aliphatic heterocycles. The largest absolute Gasteiger partial charge is 0.317 e. The van der Waals surface area contributed by atoms with E-state index in [4.69, 9.17) is 0 Å². The highest BCUT2D eigenvalue weighted by Crippen LogP contribution is 2.19. The van der Waals surface area contributed by atoms with Gasteiger partial charge in [-0.2, -0.15) is 0 Å². The van der Waals surface area contributed by atoms with Crippen molar-refractivity contribution in [3.8, 4) is 0 Å². The first-order valence-electron chi connectivity index (χ1n) is 6.48. The fourth-order valence-corrected chi connectivity index (χ4v) is 2.69. The Morgan fingerprint density at radius 2 is 2.11 bits per heavy atom. The van der Waals surface area contributed by atoms with Gasteiger partial charge in [-0.25, -0.2) is 4.98 Å². The standard InChI is InChI=1S/C14H19N3.ClH/c1-12-6-4-5-9-16(12)11-17-10-15-13-7-2-3-8-14(13)17;/h2-3,7-8,10,12H,4-6,9,11H2,1H3;1H. The Bertz CT molecular complexity index is 508. The second-order valence-corrected chi connectivity index (χ2v) is 5.00. The number of benzene rings is 1. The molecule has 1 aliphatic rings. The zero-order chi connectivity index (χ0) is 11.7. The fraction of sp³-hybridized carbons (Fsp3) is 0.500. The van der Waals surface area contributed by atoms with E-state index < -0.39 is 0 Å². The molecule has 0 amide bonds. The SMILES string of the molecule is CC1CCCCN1Cn1cnc2ccccc21.Cl. The fourth-order valence-electron chi connectivity index (χ4n) is 2.69. The lowest BCUT2D eigenvalue weighted by Crippen LogP contribution is -2.38. The van der Waals surface area contributed by atoms with Gasteiger partial charge in [-0.05, 0) is 31.9 Å². The van der Waals surface area contributed by atoms with Crippen molar-refractivity contribution in [2.75, 3.05) is 6.54 Å². The number of likely N-dealkylation sites (tertiary alicyclic amines) is 1. The Morgan fingerprint density at radius 1 is 1.28 bits per heavy atom. The number of piperidine rings is 1. The van der Waals surface area contributed by atoms with Gasteiger partial charge in [-0.1, -0.05) is 18.6 Å². The van der Waals surface area contributed by atoms with Gasteiger partial charge in [0, 0.05) is 12.6 Å². The molecule has 1 fully saturated rings. The minimum absolute atomic E-state index is 0. The number of fused-ring (bicyclic) bond motifs is 1. The van der Waals surface area contributed by atoms with Gasteiger partial charge in [0.15, 0.2) is 0 Å². The lowest BCUT2D eigenvalue weighted by molar-refractivity contribution is 0.124. The van der Waals surface area contributed by atoms with Crippen molar-refractivity contribution < 1.29 is 0 Å². The van der Waals surface area contributed by atoms with E-state index in [1.165, 1.54) is 31.3 Å². The summed E-state index contributed by atoms with van der Waals surface area (Å²) in [7, 11) is 0. The smallest absolute Gasteiger partial charge is 0.0969 e. The second-order valence-electron chi connectivity index (χ2n) is 5.00. The number of halogens is 1. The van der Waals surface area contributed by atoms with E-state index in [0.717, 1.165) is 12.2 Å². The molecule has 0 bridgehead atoms. The molecule has 2 aromatic rings. The quantitative estimate of drug-likeness (QED) is 0.831. The van der Waals surface area contributed by atoms with E-state index in [2.05, 4.69) is 39.6 Å². The number of rotatable bonds is 2. The van der Waals surface area contributed by atoms with Gasteiger partial charge in [0.1, 0.15) is 0 Å². The van der Waals surface area contributed by atoms with Gasteiger partial charge < -0.3 is 4.57 Å². The lowest BCUT2D eigenvalue weighted by Gasteiger charge is -2.33. The summed E-state index contributed by atoms with van der Waals surface area (Å²) in [5.74, 6) is 0. The molecule has 0 saturated carbocycles. The molecular weight excluding hydrogens is 246 g/mol. The molecule has 2 heterocycles. The van der Waals surface area contributed by atoms with Crippen LogP contribution in [0, 0.1) is 0 Å². The van der Waals surface area contributed by atoms with Crippen LogP contribution < -0.4 is 0 Å². The van der Waals surface area contributed by atoms with Crippen LogP contribution in [0.1, 0.15) is 26.2 Å². The molecule has 3 nitrogen and oxygen atoms in total. The lowest BCUT2D eigenvalue weighted by atomic mass is 10.0. The minimum atomic E-state index is 0. The molecule has 0 N–H and O–H groups in total. The van der Waals surface area contributed by atoms with Gasteiger partial charge in [-0.15, -0.1) is 12.4 Å². The third-order valence-corrected chi connectivity index (χ3v) is 3.80. The number of imidazole rings is 1. The topological polar surface area (TPSA) is 21.1 Å². The van der Waals surface area contributed by atoms with Gasteiger partial charge in [0.2, 0.25) is 0 Å². The van der Waals surface area contributed by atoms with Gasteiger partial charge in [0.05, 0.1) is 24.0 Å². The molecule has 1 atom stereocenters. The molecule has 0 spiro atoms. The molecule has 4 heteroatoms. The summed E-state index contributed by atoms with van der Waals surface area (Å²) in [5, 5.41) is 0. The van der Waals surface area contributed by atoms with Crippen LogP contribution in [0.5, 0.6) is 0 Å². The molecule has 98 valence electrons. The first-order valence-corrected chi connectivity index (χ1v) is 6.48. The third kappa shape index (κ3) is 2.52. The number of nitrogens with zero attached hydrogens (tertiary/aromatic N) is 3. The summed E-state index contributed by atoms with van der Waals surface area (Å²) in [4.78, 5) is 7.00. The van der Waals surface area contributed by atoms with Crippen molar-refractivity contribution in [3.63, 3.8) is 0 Å². The Kier molecular flexibility index (Phi) is 4.25. The Hall–Kier alpha value is -1.06. The average Bonchev–Trinajstić information content (AvgIpc) is 2.76. The maximum absolute atomic E-state index is 4.45. The van der Waals surface area contributed by atoms with Crippen LogP contribution >= 0.6 is 12.4 Å². The molecule has 1 aromatic heterocycles. The highest BCUT2D eigenvalue weighted by molar-refractivity contribution is 5.85. The average molecular weight is 266 g/mol. The van der Waals surface area contributed by atoms with Crippen molar-refractivity contribution in [3.05, 3.63) is 30.6 Å². The second kappa shape index (κ2) is 5.72. The predicted octanol–water partition coefficient (Wildman–Crippen LogP) is 3.29. The van der Waals surface area contributed by atoms with Crippen LogP contribution in [-0.4, -0.2) is 27.0 Å². The Labute approximate surface area is 114 Å². The van der Waals surface area contributed by atoms with E-state index in [-0.39, 0.29) is 12.4 Å². The summed E-state index contributed by atoms with van der Waals surface area (Å²) in [6, 6.07) is 9.05. The van der Waals surface area contributed by atoms with E-state index >= 15 is 0 Å².